The van der Waals surface area contributed by atoms with Crippen LogP contribution in [0.2, 0.25) is 0 Å². The number of rotatable bonds is 8. The van der Waals surface area contributed by atoms with Gasteiger partial charge < -0.3 is 15.4 Å². The molecule has 1 saturated heterocycles. The van der Waals surface area contributed by atoms with Crippen molar-refractivity contribution in [2.24, 2.45) is 4.99 Å². The summed E-state index contributed by atoms with van der Waals surface area (Å²) in [4.78, 5) is 11.3. The molecule has 1 fully saturated rings. The fourth-order valence-corrected chi connectivity index (χ4v) is 3.78. The molecule has 2 heterocycles. The summed E-state index contributed by atoms with van der Waals surface area (Å²) in [6.07, 6.45) is 6.57. The smallest absolute Gasteiger partial charge is 0.191 e. The predicted molar refractivity (Wildman–Crippen MR) is 118 cm³/mol. The molecule has 29 heavy (non-hydrogen) atoms. The highest BCUT2D eigenvalue weighted by Gasteiger charge is 2.22. The van der Waals surface area contributed by atoms with Gasteiger partial charge in [0.15, 0.2) is 5.96 Å². The first-order valence-corrected chi connectivity index (χ1v) is 10.5. The molecule has 1 aliphatic heterocycles. The van der Waals surface area contributed by atoms with Crippen molar-refractivity contribution in [2.45, 2.75) is 31.7 Å². The maximum atomic E-state index is 5.33. The van der Waals surface area contributed by atoms with Gasteiger partial charge in [-0.25, -0.2) is 0 Å². The van der Waals surface area contributed by atoms with Crippen LogP contribution in [0.5, 0.6) is 5.75 Å². The molecular formula is C23H33N5O. The van der Waals surface area contributed by atoms with E-state index in [9.17, 15) is 0 Å². The van der Waals surface area contributed by atoms with Crippen LogP contribution >= 0.6 is 0 Å². The molecule has 1 aliphatic rings. The van der Waals surface area contributed by atoms with Crippen LogP contribution in [0.4, 0.5) is 0 Å². The molecule has 3 rings (SSSR count). The third kappa shape index (κ3) is 6.46. The Morgan fingerprint density at radius 2 is 1.90 bits per heavy atom. The maximum Gasteiger partial charge on any atom is 0.191 e. The molecule has 1 unspecified atom stereocenters. The van der Waals surface area contributed by atoms with Crippen molar-refractivity contribution in [2.75, 3.05) is 40.3 Å². The lowest BCUT2D eigenvalue weighted by Gasteiger charge is -2.35. The topological polar surface area (TPSA) is 61.8 Å². The van der Waals surface area contributed by atoms with Gasteiger partial charge in [-0.1, -0.05) is 24.6 Å². The highest BCUT2D eigenvalue weighted by molar-refractivity contribution is 5.79. The monoisotopic (exact) mass is 395 g/mol. The van der Waals surface area contributed by atoms with Crippen molar-refractivity contribution in [3.05, 3.63) is 59.9 Å². The van der Waals surface area contributed by atoms with Gasteiger partial charge in [-0.2, -0.15) is 0 Å². The quantitative estimate of drug-likeness (QED) is 0.531. The molecule has 0 aliphatic carbocycles. The summed E-state index contributed by atoms with van der Waals surface area (Å²) < 4.78 is 5.33. The lowest BCUT2D eigenvalue weighted by atomic mass is 10.0. The fraction of sp³-hybridized carbons (Fsp3) is 0.478. The Balaban J connectivity index is 1.58. The molecule has 0 spiro atoms. The van der Waals surface area contributed by atoms with E-state index in [1.807, 2.05) is 43.6 Å². The summed E-state index contributed by atoms with van der Waals surface area (Å²) in [6, 6.07) is 14.8. The number of ether oxygens (including phenoxy) is 1. The number of aromatic nitrogens is 1. The molecule has 6 heteroatoms. The number of methoxy groups -OCH3 is 1. The molecule has 0 amide bonds. The second-order valence-electron chi connectivity index (χ2n) is 7.34. The number of benzene rings is 1. The van der Waals surface area contributed by atoms with Gasteiger partial charge in [0.05, 0.1) is 13.2 Å². The van der Waals surface area contributed by atoms with Crippen LogP contribution in [-0.2, 0) is 6.42 Å². The normalized spacial score (nSPS) is 16.3. The minimum atomic E-state index is 0.315. The van der Waals surface area contributed by atoms with E-state index in [4.69, 9.17) is 4.74 Å². The first-order valence-electron chi connectivity index (χ1n) is 10.5. The molecule has 156 valence electrons. The Labute approximate surface area is 174 Å². The van der Waals surface area contributed by atoms with Gasteiger partial charge in [-0.3, -0.25) is 14.9 Å². The Kier molecular flexibility index (Phi) is 8.31. The van der Waals surface area contributed by atoms with Gasteiger partial charge in [-0.15, -0.1) is 0 Å². The number of piperidine rings is 1. The number of aliphatic imine (C=N–C) groups is 1. The van der Waals surface area contributed by atoms with E-state index in [0.29, 0.717) is 6.04 Å². The SMILES string of the molecule is CN=C(NCCc1ccccn1)NCC(c1ccc(OC)cc1)N1CCCCC1. The molecule has 1 aromatic heterocycles. The van der Waals surface area contributed by atoms with Crippen molar-refractivity contribution >= 4 is 5.96 Å². The Morgan fingerprint density at radius 3 is 2.55 bits per heavy atom. The van der Waals surface area contributed by atoms with Crippen molar-refractivity contribution in [3.63, 3.8) is 0 Å². The van der Waals surface area contributed by atoms with E-state index < -0.39 is 0 Å². The van der Waals surface area contributed by atoms with Gasteiger partial charge in [0.2, 0.25) is 0 Å². The van der Waals surface area contributed by atoms with Gasteiger partial charge in [0, 0.05) is 38.4 Å². The van der Waals surface area contributed by atoms with Crippen LogP contribution in [0.1, 0.15) is 36.6 Å². The third-order valence-electron chi connectivity index (χ3n) is 5.42. The zero-order valence-corrected chi connectivity index (χ0v) is 17.6. The number of nitrogens with one attached hydrogen (secondary N) is 2. The van der Waals surface area contributed by atoms with Crippen LogP contribution in [0.3, 0.4) is 0 Å². The number of hydrogen-bond acceptors (Lipinski definition) is 4. The largest absolute Gasteiger partial charge is 0.497 e. The molecule has 2 aromatic rings. The lowest BCUT2D eigenvalue weighted by Crippen LogP contribution is -2.44. The molecule has 1 atom stereocenters. The van der Waals surface area contributed by atoms with Crippen molar-refractivity contribution in [1.29, 1.82) is 0 Å². The van der Waals surface area contributed by atoms with E-state index >= 15 is 0 Å². The summed E-state index contributed by atoms with van der Waals surface area (Å²) in [5.41, 5.74) is 2.39. The van der Waals surface area contributed by atoms with Crippen LogP contribution in [0.15, 0.2) is 53.7 Å². The number of hydrogen-bond donors (Lipinski definition) is 2. The third-order valence-corrected chi connectivity index (χ3v) is 5.42. The Hall–Kier alpha value is -2.60. The van der Waals surface area contributed by atoms with E-state index in [1.165, 1.54) is 24.8 Å². The van der Waals surface area contributed by atoms with Crippen LogP contribution < -0.4 is 15.4 Å². The van der Waals surface area contributed by atoms with Gasteiger partial charge >= 0.3 is 0 Å². The Bertz CT molecular complexity index is 742. The van der Waals surface area contributed by atoms with Crippen LogP contribution in [0.25, 0.3) is 0 Å². The molecular weight excluding hydrogens is 362 g/mol. The molecule has 0 radical (unpaired) electrons. The Morgan fingerprint density at radius 1 is 1.10 bits per heavy atom. The molecule has 0 saturated carbocycles. The summed E-state index contributed by atoms with van der Waals surface area (Å²) in [7, 11) is 3.53. The molecule has 1 aromatic carbocycles. The van der Waals surface area contributed by atoms with E-state index in [1.54, 1.807) is 7.11 Å². The average Bonchev–Trinajstić information content (AvgIpc) is 2.80. The number of guanidine groups is 1. The van der Waals surface area contributed by atoms with Gasteiger partial charge in [-0.05, 0) is 55.8 Å². The number of likely N-dealkylation sites (tertiary alicyclic amines) is 1. The summed E-state index contributed by atoms with van der Waals surface area (Å²) >= 11 is 0. The van der Waals surface area contributed by atoms with Crippen molar-refractivity contribution in [3.8, 4) is 5.75 Å². The lowest BCUT2D eigenvalue weighted by molar-refractivity contribution is 0.164. The fourth-order valence-electron chi connectivity index (χ4n) is 3.78. The predicted octanol–water partition coefficient (Wildman–Crippen LogP) is 3.02. The zero-order chi connectivity index (χ0) is 20.3. The van der Waals surface area contributed by atoms with E-state index in [-0.39, 0.29) is 0 Å². The average molecular weight is 396 g/mol. The zero-order valence-electron chi connectivity index (χ0n) is 17.6. The second kappa shape index (κ2) is 11.4. The summed E-state index contributed by atoms with van der Waals surface area (Å²) in [5.74, 6) is 1.72. The number of pyridine rings is 1. The van der Waals surface area contributed by atoms with Crippen molar-refractivity contribution in [1.82, 2.24) is 20.5 Å². The first-order chi connectivity index (χ1) is 14.3. The number of nitrogens with zero attached hydrogens (tertiary/aromatic N) is 3. The van der Waals surface area contributed by atoms with Gasteiger partial charge in [0.25, 0.3) is 0 Å². The van der Waals surface area contributed by atoms with Crippen LogP contribution in [-0.4, -0.2) is 56.2 Å². The highest BCUT2D eigenvalue weighted by Crippen LogP contribution is 2.25. The standard InChI is InChI=1S/C23H33N5O/c1-24-23(26-15-13-20-8-4-5-14-25-20)27-18-22(28-16-6-3-7-17-28)19-9-11-21(29-2)12-10-19/h4-5,8-12,14,22H,3,6-7,13,15-18H2,1-2H3,(H2,24,26,27). The van der Waals surface area contributed by atoms with Crippen molar-refractivity contribution < 1.29 is 4.74 Å². The summed E-state index contributed by atoms with van der Waals surface area (Å²) in [6.45, 7) is 3.90. The minimum Gasteiger partial charge on any atom is -0.497 e. The molecule has 2 N–H and O–H groups in total. The summed E-state index contributed by atoms with van der Waals surface area (Å²) in [5, 5.41) is 6.93. The molecule has 6 nitrogen and oxygen atoms in total. The second-order valence-corrected chi connectivity index (χ2v) is 7.34. The highest BCUT2D eigenvalue weighted by atomic mass is 16.5. The molecule has 0 bridgehead atoms. The van der Waals surface area contributed by atoms with E-state index in [0.717, 1.165) is 50.0 Å². The maximum absolute atomic E-state index is 5.33. The van der Waals surface area contributed by atoms with Gasteiger partial charge in [0.1, 0.15) is 5.75 Å². The minimum absolute atomic E-state index is 0.315. The van der Waals surface area contributed by atoms with E-state index in [2.05, 4.69) is 37.6 Å². The van der Waals surface area contributed by atoms with Crippen LogP contribution in [0, 0.1) is 0 Å². The first kappa shape index (κ1) is 21.1.